The van der Waals surface area contributed by atoms with Crippen LogP contribution in [0.2, 0.25) is 0 Å². The van der Waals surface area contributed by atoms with Gasteiger partial charge in [0.2, 0.25) is 11.9 Å². The third kappa shape index (κ3) is 4.66. The molecule has 0 fully saturated rings. The number of nitro groups is 2. The molecule has 1 heterocycles. The highest BCUT2D eigenvalue weighted by atomic mass is 16.7. The van der Waals surface area contributed by atoms with Crippen LogP contribution >= 0.6 is 0 Å². The number of nitrogens with zero attached hydrogens (tertiary/aromatic N) is 4. The summed E-state index contributed by atoms with van der Waals surface area (Å²) in [4.78, 5) is 27.0. The van der Waals surface area contributed by atoms with Crippen LogP contribution in [0.15, 0.2) is 21.6 Å². The van der Waals surface area contributed by atoms with Crippen LogP contribution in [-0.2, 0) is 0 Å². The Morgan fingerprint density at radius 2 is 1.95 bits per heavy atom. The molecular weight excluding hydrogens is 286 g/mol. The first-order chi connectivity index (χ1) is 9.99. The minimum Gasteiger partial charge on any atom is -0.330 e. The van der Waals surface area contributed by atoms with Gasteiger partial charge in [-0.3, -0.25) is 41.3 Å². The van der Waals surface area contributed by atoms with Crippen molar-refractivity contribution < 1.29 is 9.85 Å². The summed E-state index contributed by atoms with van der Waals surface area (Å²) in [5.41, 5.74) is 7.45. The molecule has 13 nitrogen and oxygen atoms in total. The second-order valence-electron chi connectivity index (χ2n) is 3.77. The van der Waals surface area contributed by atoms with E-state index < -0.39 is 21.5 Å². The van der Waals surface area contributed by atoms with E-state index in [2.05, 4.69) is 26.0 Å². The Hall–Kier alpha value is -2.80. The highest BCUT2D eigenvalue weighted by Crippen LogP contribution is 2.04. The van der Waals surface area contributed by atoms with Crippen LogP contribution in [0.1, 0.15) is 12.8 Å². The van der Waals surface area contributed by atoms with Crippen LogP contribution in [0.3, 0.4) is 0 Å². The van der Waals surface area contributed by atoms with Crippen molar-refractivity contribution in [1.82, 2.24) is 16.1 Å². The van der Waals surface area contributed by atoms with Crippen LogP contribution in [0, 0.1) is 20.2 Å². The van der Waals surface area contributed by atoms with Crippen molar-refractivity contribution in [2.75, 3.05) is 13.1 Å². The molecule has 0 aromatic carbocycles. The van der Waals surface area contributed by atoms with Crippen LogP contribution in [-0.4, -0.2) is 34.9 Å². The fourth-order valence-electron chi connectivity index (χ4n) is 1.37. The van der Waals surface area contributed by atoms with Crippen molar-refractivity contribution in [3.63, 3.8) is 0 Å². The fraction of sp³-hybridized carbons (Fsp3) is 0.500. The third-order valence-electron chi connectivity index (χ3n) is 2.28. The van der Waals surface area contributed by atoms with Crippen molar-refractivity contribution in [3.05, 3.63) is 31.9 Å². The summed E-state index contributed by atoms with van der Waals surface area (Å²) in [5, 5.41) is 26.1. The van der Waals surface area contributed by atoms with Crippen molar-refractivity contribution in [1.29, 1.82) is 0 Å². The van der Waals surface area contributed by atoms with E-state index in [1.54, 1.807) is 0 Å². The number of rotatable bonds is 6. The first-order valence-electron chi connectivity index (χ1n) is 5.86. The monoisotopic (exact) mass is 301 g/mol. The van der Waals surface area contributed by atoms with Gasteiger partial charge in [0, 0.05) is 6.54 Å². The predicted octanol–water partition coefficient (Wildman–Crippen LogP) is -2.23. The summed E-state index contributed by atoms with van der Waals surface area (Å²) >= 11 is 0. The first kappa shape index (κ1) is 16.3. The zero-order chi connectivity index (χ0) is 15.8. The zero-order valence-corrected chi connectivity index (χ0v) is 10.9. The normalized spacial score (nSPS) is 15.8. The molecule has 21 heavy (non-hydrogen) atoms. The molecule has 7 N–H and O–H groups in total. The Morgan fingerprint density at radius 3 is 2.48 bits per heavy atom. The molecule has 0 spiro atoms. The Balaban J connectivity index is 3.01. The van der Waals surface area contributed by atoms with Gasteiger partial charge >= 0.3 is 5.82 Å². The lowest BCUT2D eigenvalue weighted by atomic mass is 10.3. The fourth-order valence-corrected chi connectivity index (χ4v) is 1.37. The molecule has 1 rings (SSSR count). The number of hydrogen-bond acceptors (Lipinski definition) is 9. The molecule has 116 valence electrons. The molecule has 13 heteroatoms. The van der Waals surface area contributed by atoms with Gasteiger partial charge in [-0.15, -0.1) is 0 Å². The highest BCUT2D eigenvalue weighted by molar-refractivity contribution is 5.98. The average Bonchev–Trinajstić information content (AvgIpc) is 2.42. The molecule has 0 unspecified atom stereocenters. The average molecular weight is 301 g/mol. The quantitative estimate of drug-likeness (QED) is 0.156. The number of unbranched alkanes of at least 4 members (excludes halogenated alkanes) is 1. The Kier molecular flexibility index (Phi) is 5.97. The molecule has 0 aromatic heterocycles. The van der Waals surface area contributed by atoms with Gasteiger partial charge in [0.05, 0.1) is 0 Å². The number of nitrogens with two attached hydrogens (primary N) is 2. The van der Waals surface area contributed by atoms with Crippen LogP contribution in [0.5, 0.6) is 0 Å². The molecular formula is C8H15N9O4. The van der Waals surface area contributed by atoms with Gasteiger partial charge in [-0.1, -0.05) is 0 Å². The Bertz CT molecular complexity index is 496. The maximum atomic E-state index is 10.7. The standard InChI is InChI=1S/C8H15N9O4/c9-3-1-2-4-11-7-12-5(13-8(14-7)15-10)6(16(18)19)17(20)21/h1-4,9-10H2,(H3,11,12,13,14,15). The van der Waals surface area contributed by atoms with E-state index in [0.29, 0.717) is 19.5 Å². The predicted molar refractivity (Wildman–Crippen MR) is 72.6 cm³/mol. The van der Waals surface area contributed by atoms with Crippen LogP contribution < -0.4 is 27.6 Å². The minimum absolute atomic E-state index is 0.0325. The topological polar surface area (TPSA) is 199 Å². The summed E-state index contributed by atoms with van der Waals surface area (Å²) in [7, 11) is 0. The lowest BCUT2D eigenvalue weighted by Crippen LogP contribution is -2.51. The van der Waals surface area contributed by atoms with Gasteiger partial charge in [0.1, 0.15) is 9.85 Å². The molecule has 0 aliphatic carbocycles. The number of nitrogens with one attached hydrogen (secondary N) is 3. The molecule has 0 amide bonds. The number of aliphatic imine (C=N–C) groups is 2. The van der Waals surface area contributed by atoms with E-state index in [0.717, 1.165) is 6.42 Å². The summed E-state index contributed by atoms with van der Waals surface area (Å²) in [6, 6.07) is 0. The lowest BCUT2D eigenvalue weighted by molar-refractivity contribution is -0.617. The van der Waals surface area contributed by atoms with Crippen LogP contribution in [0.4, 0.5) is 0 Å². The van der Waals surface area contributed by atoms with Gasteiger partial charge in [-0.05, 0) is 19.4 Å². The molecule has 0 bridgehead atoms. The first-order valence-corrected chi connectivity index (χ1v) is 5.86. The molecule has 0 aromatic rings. The van der Waals surface area contributed by atoms with E-state index in [4.69, 9.17) is 11.6 Å². The SMILES string of the molecule is NCCCCN=C1N=C(NN)NC(=C([N+](=O)[O-])[N+](=O)[O-])N1. The van der Waals surface area contributed by atoms with Crippen molar-refractivity contribution in [2.24, 2.45) is 21.6 Å². The Morgan fingerprint density at radius 1 is 1.29 bits per heavy atom. The summed E-state index contributed by atoms with van der Waals surface area (Å²) in [6.07, 6.45) is 1.44. The summed E-state index contributed by atoms with van der Waals surface area (Å²) in [5.74, 6) is 3.26. The van der Waals surface area contributed by atoms with Gasteiger partial charge in [0.25, 0.3) is 5.82 Å². The minimum atomic E-state index is -1.27. The van der Waals surface area contributed by atoms with Crippen molar-refractivity contribution in [2.45, 2.75) is 12.8 Å². The lowest BCUT2D eigenvalue weighted by Gasteiger charge is -2.17. The van der Waals surface area contributed by atoms with Crippen LogP contribution in [0.25, 0.3) is 0 Å². The second-order valence-corrected chi connectivity index (χ2v) is 3.77. The van der Waals surface area contributed by atoms with Gasteiger partial charge in [0.15, 0.2) is 0 Å². The molecule has 0 saturated carbocycles. The largest absolute Gasteiger partial charge is 0.600 e. The molecule has 0 radical (unpaired) electrons. The molecule has 0 atom stereocenters. The van der Waals surface area contributed by atoms with Crippen molar-refractivity contribution >= 4 is 11.9 Å². The Labute approximate surface area is 118 Å². The van der Waals surface area contributed by atoms with Gasteiger partial charge < -0.3 is 5.73 Å². The van der Waals surface area contributed by atoms with E-state index in [1.807, 2.05) is 0 Å². The third-order valence-corrected chi connectivity index (χ3v) is 2.28. The molecule has 1 aliphatic heterocycles. The second kappa shape index (κ2) is 7.71. The number of guanidine groups is 2. The number of hydrogen-bond donors (Lipinski definition) is 5. The zero-order valence-electron chi connectivity index (χ0n) is 10.9. The van der Waals surface area contributed by atoms with E-state index in [1.165, 1.54) is 0 Å². The molecule has 0 saturated heterocycles. The van der Waals surface area contributed by atoms with Crippen molar-refractivity contribution in [3.8, 4) is 0 Å². The van der Waals surface area contributed by atoms with E-state index in [-0.39, 0.29) is 11.9 Å². The highest BCUT2D eigenvalue weighted by Gasteiger charge is 2.35. The van der Waals surface area contributed by atoms with E-state index >= 15 is 0 Å². The maximum absolute atomic E-state index is 10.7. The maximum Gasteiger partial charge on any atom is 0.600 e. The molecule has 1 aliphatic rings. The summed E-state index contributed by atoms with van der Waals surface area (Å²) < 4.78 is 0. The smallest absolute Gasteiger partial charge is 0.330 e. The number of hydrazine groups is 1. The van der Waals surface area contributed by atoms with E-state index in [9.17, 15) is 20.2 Å². The van der Waals surface area contributed by atoms with Gasteiger partial charge in [-0.25, -0.2) is 5.84 Å². The van der Waals surface area contributed by atoms with Gasteiger partial charge in [-0.2, -0.15) is 4.99 Å². The summed E-state index contributed by atoms with van der Waals surface area (Å²) in [6.45, 7) is 0.872.